The highest BCUT2D eigenvalue weighted by molar-refractivity contribution is 7.89. The molecule has 0 fully saturated rings. The molecule has 9 nitrogen and oxygen atoms in total. The van der Waals surface area contributed by atoms with E-state index in [1.165, 1.54) is 19.1 Å². The average Bonchev–Trinajstić information content (AvgIpc) is 3.07. The number of fused-ring (bicyclic) bond motifs is 3. The lowest BCUT2D eigenvalue weighted by Gasteiger charge is -2.20. The van der Waals surface area contributed by atoms with Gasteiger partial charge in [0.1, 0.15) is 0 Å². The highest BCUT2D eigenvalue weighted by Crippen LogP contribution is 2.38. The van der Waals surface area contributed by atoms with Crippen molar-refractivity contribution >= 4 is 27.5 Å². The summed E-state index contributed by atoms with van der Waals surface area (Å²) in [4.78, 5) is 23.5. The van der Waals surface area contributed by atoms with Gasteiger partial charge in [-0.3, -0.25) is 9.59 Å². The molecule has 1 aliphatic carbocycles. The summed E-state index contributed by atoms with van der Waals surface area (Å²) < 4.78 is 24.7. The van der Waals surface area contributed by atoms with Crippen LogP contribution in [0.2, 0.25) is 0 Å². The van der Waals surface area contributed by atoms with Gasteiger partial charge in [-0.1, -0.05) is 6.07 Å². The molecule has 1 aliphatic rings. The Labute approximate surface area is 172 Å². The van der Waals surface area contributed by atoms with E-state index in [1.54, 1.807) is 16.8 Å². The quantitative estimate of drug-likeness (QED) is 0.576. The highest BCUT2D eigenvalue weighted by Gasteiger charge is 2.28. The van der Waals surface area contributed by atoms with Crippen molar-refractivity contribution in [3.05, 3.63) is 59.3 Å². The molecule has 1 heterocycles. The fourth-order valence-corrected chi connectivity index (χ4v) is 4.20. The maximum absolute atomic E-state index is 12.0. The number of primary amides is 1. The molecule has 30 heavy (non-hydrogen) atoms. The number of amides is 2. The predicted octanol–water partition coefficient (Wildman–Crippen LogP) is 1.34. The largest absolute Gasteiger partial charge is 0.364 e. The van der Waals surface area contributed by atoms with Gasteiger partial charge in [-0.15, -0.1) is 0 Å². The Morgan fingerprint density at radius 3 is 2.40 bits per heavy atom. The summed E-state index contributed by atoms with van der Waals surface area (Å²) in [7, 11) is -3.84. The molecule has 2 aromatic carbocycles. The molecular formula is C20H19N5O4S. The smallest absolute Gasteiger partial charge is 0.269 e. The minimum atomic E-state index is -3.84. The number of nitrogens with one attached hydrogen (secondary N) is 1. The van der Waals surface area contributed by atoms with Crippen LogP contribution >= 0.6 is 0 Å². The molecule has 0 saturated carbocycles. The number of rotatable bonds is 4. The first-order valence-corrected chi connectivity index (χ1v) is 10.7. The van der Waals surface area contributed by atoms with Gasteiger partial charge in [-0.05, 0) is 54.8 Å². The lowest BCUT2D eigenvalue weighted by molar-refractivity contribution is -0.114. The summed E-state index contributed by atoms with van der Waals surface area (Å²) in [5.74, 6) is -0.844. The normalized spacial score (nSPS) is 12.7. The van der Waals surface area contributed by atoms with Gasteiger partial charge in [0.05, 0.1) is 16.3 Å². The van der Waals surface area contributed by atoms with Gasteiger partial charge in [0, 0.05) is 23.7 Å². The maximum Gasteiger partial charge on any atom is 0.269 e. The Hall–Kier alpha value is -3.50. The number of aryl methyl sites for hydroxylation is 1. The third-order valence-corrected chi connectivity index (χ3v) is 5.89. The molecule has 0 atom stereocenters. The van der Waals surface area contributed by atoms with Crippen LogP contribution in [0.5, 0.6) is 0 Å². The molecule has 4 rings (SSSR count). The van der Waals surface area contributed by atoms with Gasteiger partial charge < -0.3 is 11.1 Å². The minimum absolute atomic E-state index is 0.0317. The van der Waals surface area contributed by atoms with Crippen LogP contribution in [0.3, 0.4) is 0 Å². The van der Waals surface area contributed by atoms with E-state index in [1.807, 2.05) is 18.2 Å². The Morgan fingerprint density at radius 2 is 1.80 bits per heavy atom. The topological polar surface area (TPSA) is 150 Å². The first kappa shape index (κ1) is 19.8. The van der Waals surface area contributed by atoms with Crippen molar-refractivity contribution in [2.45, 2.75) is 24.7 Å². The minimum Gasteiger partial charge on any atom is -0.364 e. The van der Waals surface area contributed by atoms with Crippen molar-refractivity contribution in [2.75, 3.05) is 5.32 Å². The molecule has 10 heteroatoms. The summed E-state index contributed by atoms with van der Waals surface area (Å²) in [5, 5.41) is 12.3. The standard InChI is InChI=1S/C20H19N5O4S/c1-11(26)23-13-4-2-12-3-9-16-18(20(21)27)24-25(19(16)17(12)10-13)14-5-7-15(8-6-14)30(22,28)29/h2,4-8,10H,3,9H2,1H3,(H2,21,27)(H,23,26)(H2,22,28,29). The second-order valence-corrected chi connectivity index (χ2v) is 8.61. The number of primary sulfonamides is 1. The van der Waals surface area contributed by atoms with Crippen LogP contribution in [-0.2, 0) is 27.7 Å². The van der Waals surface area contributed by atoms with Crippen LogP contribution in [-0.4, -0.2) is 30.0 Å². The molecule has 5 N–H and O–H groups in total. The van der Waals surface area contributed by atoms with Crippen molar-refractivity contribution < 1.29 is 18.0 Å². The van der Waals surface area contributed by atoms with Gasteiger partial charge in [0.2, 0.25) is 15.9 Å². The monoisotopic (exact) mass is 425 g/mol. The summed E-state index contributed by atoms with van der Waals surface area (Å²) >= 11 is 0. The number of hydrogen-bond donors (Lipinski definition) is 3. The lowest BCUT2D eigenvalue weighted by Crippen LogP contribution is -2.15. The predicted molar refractivity (Wildman–Crippen MR) is 111 cm³/mol. The third kappa shape index (κ3) is 3.46. The molecule has 0 spiro atoms. The fourth-order valence-electron chi connectivity index (χ4n) is 3.68. The lowest BCUT2D eigenvalue weighted by atomic mass is 9.88. The average molecular weight is 425 g/mol. The molecule has 0 aliphatic heterocycles. The molecule has 154 valence electrons. The summed E-state index contributed by atoms with van der Waals surface area (Å²) in [5.41, 5.74) is 10.1. The molecule has 0 radical (unpaired) electrons. The molecular weight excluding hydrogens is 406 g/mol. The van der Waals surface area contributed by atoms with Gasteiger partial charge in [0.15, 0.2) is 5.69 Å². The number of hydrogen-bond acceptors (Lipinski definition) is 5. The molecule has 3 aromatic rings. The zero-order valence-corrected chi connectivity index (χ0v) is 16.9. The number of nitrogens with two attached hydrogens (primary N) is 2. The molecule has 0 bridgehead atoms. The first-order chi connectivity index (χ1) is 14.1. The van der Waals surface area contributed by atoms with Crippen LogP contribution < -0.4 is 16.2 Å². The zero-order chi connectivity index (χ0) is 21.6. The molecule has 0 unspecified atom stereocenters. The summed E-state index contributed by atoms with van der Waals surface area (Å²) in [6.45, 7) is 1.42. The Bertz CT molecular complexity index is 1290. The highest BCUT2D eigenvalue weighted by atomic mass is 32.2. The van der Waals surface area contributed by atoms with E-state index in [0.29, 0.717) is 35.5 Å². The van der Waals surface area contributed by atoms with Gasteiger partial charge in [-0.2, -0.15) is 5.10 Å². The second-order valence-electron chi connectivity index (χ2n) is 7.04. The Balaban J connectivity index is 1.93. The van der Waals surface area contributed by atoms with Crippen molar-refractivity contribution in [1.29, 1.82) is 0 Å². The number of aromatic nitrogens is 2. The van der Waals surface area contributed by atoms with Crippen molar-refractivity contribution in [2.24, 2.45) is 10.9 Å². The van der Waals surface area contributed by atoms with Gasteiger partial charge >= 0.3 is 0 Å². The fraction of sp³-hybridized carbons (Fsp3) is 0.150. The Kier molecular flexibility index (Phi) is 4.67. The molecule has 1 aromatic heterocycles. The zero-order valence-electron chi connectivity index (χ0n) is 16.0. The van der Waals surface area contributed by atoms with Crippen molar-refractivity contribution in [3.8, 4) is 16.9 Å². The number of sulfonamides is 1. The number of anilines is 1. The van der Waals surface area contributed by atoms with Crippen LogP contribution in [0, 0.1) is 0 Å². The number of carbonyl (C=O) groups excluding carboxylic acids is 2. The number of benzene rings is 2. The SMILES string of the molecule is CC(=O)Nc1ccc2c(c1)-c1c(c(C(N)=O)nn1-c1ccc(S(N)(=O)=O)cc1)CC2. The summed E-state index contributed by atoms with van der Waals surface area (Å²) in [6, 6.07) is 11.4. The second kappa shape index (κ2) is 7.08. The van der Waals surface area contributed by atoms with Crippen LogP contribution in [0.15, 0.2) is 47.4 Å². The maximum atomic E-state index is 12.0. The molecule has 2 amide bonds. The molecule has 0 saturated heterocycles. The van der Waals surface area contributed by atoms with Gasteiger partial charge in [0.25, 0.3) is 5.91 Å². The van der Waals surface area contributed by atoms with Crippen LogP contribution in [0.4, 0.5) is 5.69 Å². The Morgan fingerprint density at radius 1 is 1.10 bits per heavy atom. The van der Waals surface area contributed by atoms with E-state index < -0.39 is 15.9 Å². The van der Waals surface area contributed by atoms with Crippen LogP contribution in [0.25, 0.3) is 16.9 Å². The van der Waals surface area contributed by atoms with Crippen molar-refractivity contribution in [1.82, 2.24) is 9.78 Å². The van der Waals surface area contributed by atoms with E-state index >= 15 is 0 Å². The van der Waals surface area contributed by atoms with E-state index in [0.717, 1.165) is 11.1 Å². The first-order valence-electron chi connectivity index (χ1n) is 9.11. The van der Waals surface area contributed by atoms with Gasteiger partial charge in [-0.25, -0.2) is 18.2 Å². The number of carbonyl (C=O) groups is 2. The summed E-state index contributed by atoms with van der Waals surface area (Å²) in [6.07, 6.45) is 1.27. The van der Waals surface area contributed by atoms with E-state index in [2.05, 4.69) is 10.4 Å². The van der Waals surface area contributed by atoms with E-state index in [-0.39, 0.29) is 16.5 Å². The van der Waals surface area contributed by atoms with Crippen LogP contribution in [0.1, 0.15) is 28.5 Å². The third-order valence-electron chi connectivity index (χ3n) is 4.96. The van der Waals surface area contributed by atoms with Crippen molar-refractivity contribution in [3.63, 3.8) is 0 Å². The van der Waals surface area contributed by atoms with E-state index in [4.69, 9.17) is 10.9 Å². The number of nitrogens with zero attached hydrogens (tertiary/aromatic N) is 2. The van der Waals surface area contributed by atoms with E-state index in [9.17, 15) is 18.0 Å².